The third kappa shape index (κ3) is 7.44. The lowest BCUT2D eigenvalue weighted by molar-refractivity contribution is -0.123. The van der Waals surface area contributed by atoms with Gasteiger partial charge in [0.25, 0.3) is 0 Å². The topological polar surface area (TPSA) is 88.2 Å². The zero-order valence-electron chi connectivity index (χ0n) is 15.4. The summed E-state index contributed by atoms with van der Waals surface area (Å²) in [5, 5.41) is 2.74. The molecule has 1 aromatic heterocycles. The minimum Gasteiger partial charge on any atom is -0.351 e. The number of benzene rings is 1. The molecular weight excluding hydrogens is 369 g/mol. The molecule has 0 spiro atoms. The summed E-state index contributed by atoms with van der Waals surface area (Å²) in [6.45, 7) is 4.09. The van der Waals surface area contributed by atoms with E-state index in [0.29, 0.717) is 12.0 Å². The summed E-state index contributed by atoms with van der Waals surface area (Å²) >= 11 is 0. The van der Waals surface area contributed by atoms with E-state index in [-0.39, 0.29) is 18.2 Å². The number of aromatic nitrogens is 1. The fourth-order valence-corrected chi connectivity index (χ4v) is 3.90. The first-order valence-corrected chi connectivity index (χ1v) is 10.3. The molecule has 0 bridgehead atoms. The van der Waals surface area contributed by atoms with Crippen LogP contribution in [0, 0.1) is 11.7 Å². The van der Waals surface area contributed by atoms with Gasteiger partial charge in [-0.15, -0.1) is 0 Å². The van der Waals surface area contributed by atoms with Crippen molar-refractivity contribution >= 4 is 15.9 Å². The third-order valence-electron chi connectivity index (χ3n) is 3.80. The van der Waals surface area contributed by atoms with Crippen LogP contribution in [0.5, 0.6) is 0 Å². The Morgan fingerprint density at radius 3 is 2.44 bits per heavy atom. The molecule has 0 saturated heterocycles. The van der Waals surface area contributed by atoms with Gasteiger partial charge in [0.1, 0.15) is 11.9 Å². The predicted molar refractivity (Wildman–Crippen MR) is 101 cm³/mol. The minimum absolute atomic E-state index is 0.118. The van der Waals surface area contributed by atoms with Crippen molar-refractivity contribution in [1.29, 1.82) is 0 Å². The molecular formula is C19H24FN3O3S. The summed E-state index contributed by atoms with van der Waals surface area (Å²) in [4.78, 5) is 16.5. The van der Waals surface area contributed by atoms with E-state index in [1.54, 1.807) is 18.5 Å². The molecule has 146 valence electrons. The second-order valence-electron chi connectivity index (χ2n) is 6.76. The number of nitrogens with zero attached hydrogens (tertiary/aromatic N) is 1. The van der Waals surface area contributed by atoms with Gasteiger partial charge >= 0.3 is 0 Å². The van der Waals surface area contributed by atoms with Crippen LogP contribution in [0.3, 0.4) is 0 Å². The number of carbonyl (C=O) groups is 1. The normalized spacial score (nSPS) is 12.7. The number of amides is 1. The molecule has 0 aliphatic rings. The van der Waals surface area contributed by atoms with Gasteiger partial charge < -0.3 is 5.32 Å². The number of hydrogen-bond acceptors (Lipinski definition) is 4. The summed E-state index contributed by atoms with van der Waals surface area (Å²) in [5.74, 6) is -1.03. The van der Waals surface area contributed by atoms with Crippen LogP contribution in [-0.4, -0.2) is 25.4 Å². The summed E-state index contributed by atoms with van der Waals surface area (Å²) in [7, 11) is -3.77. The van der Waals surface area contributed by atoms with Crippen molar-refractivity contribution in [3.8, 4) is 0 Å². The van der Waals surface area contributed by atoms with E-state index in [1.807, 2.05) is 19.9 Å². The van der Waals surface area contributed by atoms with E-state index in [0.717, 1.165) is 5.56 Å². The van der Waals surface area contributed by atoms with Crippen LogP contribution in [0.4, 0.5) is 4.39 Å². The van der Waals surface area contributed by atoms with Crippen LogP contribution in [0.25, 0.3) is 0 Å². The van der Waals surface area contributed by atoms with Gasteiger partial charge in [0, 0.05) is 18.9 Å². The molecule has 0 aliphatic heterocycles. The Labute approximate surface area is 159 Å². The number of halogens is 1. The van der Waals surface area contributed by atoms with Crippen LogP contribution >= 0.6 is 0 Å². The number of carbonyl (C=O) groups excluding carboxylic acids is 1. The molecule has 0 fully saturated rings. The van der Waals surface area contributed by atoms with Gasteiger partial charge in [-0.3, -0.25) is 9.78 Å². The predicted octanol–water partition coefficient (Wildman–Crippen LogP) is 2.37. The molecule has 2 rings (SSSR count). The van der Waals surface area contributed by atoms with E-state index in [2.05, 4.69) is 15.0 Å². The first-order chi connectivity index (χ1) is 12.7. The largest absolute Gasteiger partial charge is 0.351 e. The van der Waals surface area contributed by atoms with Crippen molar-refractivity contribution in [3.63, 3.8) is 0 Å². The van der Waals surface area contributed by atoms with Crippen molar-refractivity contribution in [2.24, 2.45) is 5.92 Å². The maximum atomic E-state index is 13.0. The Morgan fingerprint density at radius 1 is 1.15 bits per heavy atom. The smallest absolute Gasteiger partial charge is 0.238 e. The monoisotopic (exact) mass is 393 g/mol. The summed E-state index contributed by atoms with van der Waals surface area (Å²) in [5.41, 5.74) is 1.27. The van der Waals surface area contributed by atoms with E-state index in [1.165, 1.54) is 24.3 Å². The molecule has 1 aromatic carbocycles. The molecule has 1 amide bonds. The van der Waals surface area contributed by atoms with Gasteiger partial charge in [0.15, 0.2) is 0 Å². The maximum absolute atomic E-state index is 13.0. The summed E-state index contributed by atoms with van der Waals surface area (Å²) in [6.07, 6.45) is 3.63. The zero-order chi connectivity index (χ0) is 19.9. The second kappa shape index (κ2) is 9.57. The number of pyridine rings is 1. The number of rotatable bonds is 9. The molecule has 0 radical (unpaired) electrons. The van der Waals surface area contributed by atoms with Crippen molar-refractivity contribution < 1.29 is 17.6 Å². The Kier molecular flexibility index (Phi) is 7.44. The van der Waals surface area contributed by atoms with Gasteiger partial charge in [-0.2, -0.15) is 0 Å². The molecule has 1 atom stereocenters. The molecule has 27 heavy (non-hydrogen) atoms. The molecule has 2 N–H and O–H groups in total. The number of nitrogens with one attached hydrogen (secondary N) is 2. The Hall–Kier alpha value is -2.32. The summed E-state index contributed by atoms with van der Waals surface area (Å²) < 4.78 is 40.4. The van der Waals surface area contributed by atoms with Gasteiger partial charge in [-0.05, 0) is 41.7 Å². The highest BCUT2D eigenvalue weighted by Crippen LogP contribution is 2.11. The van der Waals surface area contributed by atoms with Crippen LogP contribution in [0.2, 0.25) is 0 Å². The molecule has 2 aromatic rings. The minimum atomic E-state index is -3.77. The lowest BCUT2D eigenvalue weighted by Gasteiger charge is -2.20. The highest BCUT2D eigenvalue weighted by atomic mass is 32.2. The first-order valence-electron chi connectivity index (χ1n) is 8.66. The van der Waals surface area contributed by atoms with Crippen LogP contribution in [0.15, 0.2) is 48.8 Å². The molecule has 0 saturated carbocycles. The van der Waals surface area contributed by atoms with Crippen molar-refractivity contribution in [2.75, 3.05) is 0 Å². The molecule has 1 heterocycles. The Morgan fingerprint density at radius 2 is 1.85 bits per heavy atom. The molecule has 0 aliphatic carbocycles. The zero-order valence-corrected chi connectivity index (χ0v) is 16.2. The molecule has 6 nitrogen and oxygen atoms in total. The van der Waals surface area contributed by atoms with Gasteiger partial charge in [0.05, 0.1) is 5.75 Å². The highest BCUT2D eigenvalue weighted by Gasteiger charge is 2.25. The lowest BCUT2D eigenvalue weighted by Crippen LogP contribution is -2.47. The van der Waals surface area contributed by atoms with Crippen molar-refractivity contribution in [1.82, 2.24) is 15.0 Å². The number of sulfonamides is 1. The van der Waals surface area contributed by atoms with E-state index in [4.69, 9.17) is 0 Å². The van der Waals surface area contributed by atoms with E-state index in [9.17, 15) is 17.6 Å². The van der Waals surface area contributed by atoms with Crippen molar-refractivity contribution in [3.05, 3.63) is 65.7 Å². The van der Waals surface area contributed by atoms with Gasteiger partial charge in [-0.25, -0.2) is 17.5 Å². The SMILES string of the molecule is CC(C)C[C@H](NS(=O)(=O)Cc1ccc(F)cc1)C(=O)NCc1cccnc1. The maximum Gasteiger partial charge on any atom is 0.238 e. The second-order valence-corrected chi connectivity index (χ2v) is 8.52. The van der Waals surface area contributed by atoms with E-state index >= 15 is 0 Å². The average Bonchev–Trinajstić information content (AvgIpc) is 2.61. The Balaban J connectivity index is 2.03. The van der Waals surface area contributed by atoms with Crippen LogP contribution in [0.1, 0.15) is 31.4 Å². The fraction of sp³-hybridized carbons (Fsp3) is 0.368. The number of hydrogen-bond donors (Lipinski definition) is 2. The lowest BCUT2D eigenvalue weighted by atomic mass is 10.0. The van der Waals surface area contributed by atoms with Gasteiger partial charge in [0.2, 0.25) is 15.9 Å². The Bertz CT molecular complexity index is 840. The highest BCUT2D eigenvalue weighted by molar-refractivity contribution is 7.88. The van der Waals surface area contributed by atoms with Crippen molar-refractivity contribution in [2.45, 2.75) is 38.6 Å². The summed E-state index contributed by atoms with van der Waals surface area (Å²) in [6, 6.07) is 7.94. The molecule has 0 unspecified atom stereocenters. The standard InChI is InChI=1S/C19H24FN3O3S/c1-14(2)10-18(19(24)22-12-16-4-3-9-21-11-16)23-27(25,26)13-15-5-7-17(20)8-6-15/h3-9,11,14,18,23H,10,12-13H2,1-2H3,(H,22,24)/t18-/m0/s1. The van der Waals surface area contributed by atoms with Crippen LogP contribution in [-0.2, 0) is 27.1 Å². The third-order valence-corrected chi connectivity index (χ3v) is 5.16. The average molecular weight is 393 g/mol. The van der Waals surface area contributed by atoms with Gasteiger partial charge in [-0.1, -0.05) is 32.0 Å². The fourth-order valence-electron chi connectivity index (χ4n) is 2.55. The van der Waals surface area contributed by atoms with Crippen LogP contribution < -0.4 is 10.0 Å². The quantitative estimate of drug-likeness (QED) is 0.685. The first kappa shape index (κ1) is 21.0. The van der Waals surface area contributed by atoms with E-state index < -0.39 is 27.8 Å². The molecule has 8 heteroatoms.